The van der Waals surface area contributed by atoms with E-state index in [9.17, 15) is 17.2 Å². The van der Waals surface area contributed by atoms with E-state index in [1.807, 2.05) is 18.5 Å². The van der Waals surface area contributed by atoms with Crippen LogP contribution in [0.15, 0.2) is 18.2 Å². The quantitative estimate of drug-likeness (QED) is 0.755. The lowest BCUT2D eigenvalue weighted by Crippen LogP contribution is -2.46. The number of halogens is 2. The van der Waals surface area contributed by atoms with Crippen molar-refractivity contribution in [1.29, 1.82) is 0 Å². The third kappa shape index (κ3) is 4.16. The van der Waals surface area contributed by atoms with Crippen LogP contribution in [0.4, 0.5) is 14.5 Å². The molecule has 1 aromatic carbocycles. The van der Waals surface area contributed by atoms with Crippen LogP contribution < -0.4 is 4.90 Å². The van der Waals surface area contributed by atoms with Crippen molar-refractivity contribution in [2.45, 2.75) is 32.9 Å². The Morgan fingerprint density at radius 1 is 1.14 bits per heavy atom. The van der Waals surface area contributed by atoms with Gasteiger partial charge in [-0.25, -0.2) is 17.2 Å². The Labute approximate surface area is 170 Å². The maximum atomic E-state index is 13.9. The molecule has 2 aliphatic heterocycles. The van der Waals surface area contributed by atoms with Gasteiger partial charge >= 0.3 is 0 Å². The fourth-order valence-electron chi connectivity index (χ4n) is 4.46. The van der Waals surface area contributed by atoms with Gasteiger partial charge in [0.1, 0.15) is 11.6 Å². The first kappa shape index (κ1) is 20.3. The van der Waals surface area contributed by atoms with Gasteiger partial charge in [0.15, 0.2) is 9.84 Å². The number of sulfone groups is 1. The van der Waals surface area contributed by atoms with Crippen molar-refractivity contribution in [2.75, 3.05) is 42.6 Å². The van der Waals surface area contributed by atoms with Crippen molar-refractivity contribution in [3.63, 3.8) is 0 Å². The molecule has 9 heteroatoms. The van der Waals surface area contributed by atoms with E-state index in [-0.39, 0.29) is 17.5 Å². The van der Waals surface area contributed by atoms with Crippen LogP contribution in [0.25, 0.3) is 0 Å². The first-order valence-corrected chi connectivity index (χ1v) is 11.7. The van der Waals surface area contributed by atoms with Crippen molar-refractivity contribution >= 4 is 15.5 Å². The van der Waals surface area contributed by atoms with Crippen molar-refractivity contribution in [2.24, 2.45) is 0 Å². The maximum absolute atomic E-state index is 13.9. The van der Waals surface area contributed by atoms with Crippen LogP contribution in [0, 0.1) is 25.5 Å². The average Bonchev–Trinajstić information content (AvgIpc) is 3.17. The molecule has 3 heterocycles. The molecule has 0 saturated carbocycles. The van der Waals surface area contributed by atoms with Crippen LogP contribution in [-0.4, -0.2) is 60.8 Å². The minimum Gasteiger partial charge on any atom is -0.366 e. The summed E-state index contributed by atoms with van der Waals surface area (Å²) in [6.07, 6.45) is 0.612. The SMILES string of the molecule is Cc1nn(C2CCS(=O)(=O)C2)c(C)c1N1CCN(Cc2ccc(F)cc2F)CC1. The second kappa shape index (κ2) is 7.68. The number of nitrogens with zero attached hydrogens (tertiary/aromatic N) is 4. The summed E-state index contributed by atoms with van der Waals surface area (Å²) < 4.78 is 52.6. The molecule has 0 amide bonds. The Kier molecular flexibility index (Phi) is 5.37. The molecule has 0 radical (unpaired) electrons. The van der Waals surface area contributed by atoms with Gasteiger partial charge in [-0.05, 0) is 26.3 Å². The summed E-state index contributed by atoms with van der Waals surface area (Å²) in [5.74, 6) is -0.684. The molecule has 1 unspecified atom stereocenters. The van der Waals surface area contributed by atoms with E-state index in [1.54, 1.807) is 0 Å². The summed E-state index contributed by atoms with van der Waals surface area (Å²) in [6, 6.07) is 3.63. The van der Waals surface area contributed by atoms with E-state index in [2.05, 4.69) is 14.9 Å². The normalized spacial score (nSPS) is 22.3. The molecule has 158 valence electrons. The molecule has 6 nitrogen and oxygen atoms in total. The minimum atomic E-state index is -2.97. The van der Waals surface area contributed by atoms with Crippen LogP contribution in [0.5, 0.6) is 0 Å². The second-order valence-corrected chi connectivity index (χ2v) is 10.2. The predicted molar refractivity (Wildman–Crippen MR) is 108 cm³/mol. The Balaban J connectivity index is 1.43. The van der Waals surface area contributed by atoms with Gasteiger partial charge in [0.2, 0.25) is 0 Å². The highest BCUT2D eigenvalue weighted by Crippen LogP contribution is 2.31. The van der Waals surface area contributed by atoms with Crippen molar-refractivity contribution in [1.82, 2.24) is 14.7 Å². The van der Waals surface area contributed by atoms with Gasteiger partial charge in [-0.2, -0.15) is 5.10 Å². The van der Waals surface area contributed by atoms with E-state index < -0.39 is 21.5 Å². The van der Waals surface area contributed by atoms with E-state index >= 15 is 0 Å². The van der Waals surface area contributed by atoms with Gasteiger partial charge in [0.05, 0.1) is 34.6 Å². The number of anilines is 1. The van der Waals surface area contributed by atoms with Crippen LogP contribution in [-0.2, 0) is 16.4 Å². The monoisotopic (exact) mass is 424 g/mol. The molecule has 1 atom stereocenters. The summed E-state index contributed by atoms with van der Waals surface area (Å²) >= 11 is 0. The first-order chi connectivity index (χ1) is 13.7. The van der Waals surface area contributed by atoms with Crippen molar-refractivity contribution < 1.29 is 17.2 Å². The Bertz CT molecular complexity index is 1010. The highest BCUT2D eigenvalue weighted by Gasteiger charge is 2.32. The van der Waals surface area contributed by atoms with Gasteiger partial charge in [-0.15, -0.1) is 0 Å². The number of benzene rings is 1. The molecule has 4 rings (SSSR count). The number of rotatable bonds is 4. The number of hydrogen-bond donors (Lipinski definition) is 0. The van der Waals surface area contributed by atoms with Gasteiger partial charge in [0, 0.05) is 44.4 Å². The fourth-order valence-corrected chi connectivity index (χ4v) is 6.15. The highest BCUT2D eigenvalue weighted by atomic mass is 32.2. The third-order valence-corrected chi connectivity index (χ3v) is 7.69. The summed E-state index contributed by atoms with van der Waals surface area (Å²) in [5, 5.41) is 4.65. The van der Waals surface area contributed by atoms with Crippen LogP contribution in [0.1, 0.15) is 29.4 Å². The number of hydrogen-bond acceptors (Lipinski definition) is 5. The van der Waals surface area contributed by atoms with Gasteiger partial charge in [-0.1, -0.05) is 6.07 Å². The maximum Gasteiger partial charge on any atom is 0.152 e. The number of aromatic nitrogens is 2. The number of aryl methyl sites for hydroxylation is 1. The number of piperazine rings is 1. The topological polar surface area (TPSA) is 58.4 Å². The lowest BCUT2D eigenvalue weighted by Gasteiger charge is -2.36. The first-order valence-electron chi connectivity index (χ1n) is 9.91. The van der Waals surface area contributed by atoms with Crippen molar-refractivity contribution in [3.05, 3.63) is 46.8 Å². The zero-order valence-corrected chi connectivity index (χ0v) is 17.6. The molecular formula is C20H26F2N4O2S. The summed E-state index contributed by atoms with van der Waals surface area (Å²) in [7, 11) is -2.97. The van der Waals surface area contributed by atoms with E-state index in [0.717, 1.165) is 49.3 Å². The lowest BCUT2D eigenvalue weighted by atomic mass is 10.1. The molecule has 29 heavy (non-hydrogen) atoms. The molecule has 0 bridgehead atoms. The van der Waals surface area contributed by atoms with E-state index in [0.29, 0.717) is 18.5 Å². The Morgan fingerprint density at radius 2 is 1.86 bits per heavy atom. The van der Waals surface area contributed by atoms with E-state index in [1.165, 1.54) is 12.1 Å². The third-order valence-electron chi connectivity index (χ3n) is 5.94. The van der Waals surface area contributed by atoms with Crippen molar-refractivity contribution in [3.8, 4) is 0 Å². The Hall–Kier alpha value is -2.00. The smallest absolute Gasteiger partial charge is 0.152 e. The molecule has 0 spiro atoms. The highest BCUT2D eigenvalue weighted by molar-refractivity contribution is 7.91. The van der Waals surface area contributed by atoms with Crippen LogP contribution >= 0.6 is 0 Å². The fraction of sp³-hybridized carbons (Fsp3) is 0.550. The van der Waals surface area contributed by atoms with E-state index in [4.69, 9.17) is 0 Å². The molecule has 2 fully saturated rings. The predicted octanol–water partition coefficient (Wildman–Crippen LogP) is 2.46. The molecule has 0 N–H and O–H groups in total. The van der Waals surface area contributed by atoms with Gasteiger partial charge in [-0.3, -0.25) is 9.58 Å². The molecule has 2 aromatic rings. The largest absolute Gasteiger partial charge is 0.366 e. The summed E-state index contributed by atoms with van der Waals surface area (Å²) in [5.41, 5.74) is 3.48. The molecule has 1 aromatic heterocycles. The summed E-state index contributed by atoms with van der Waals surface area (Å²) in [4.78, 5) is 4.43. The van der Waals surface area contributed by atoms with Gasteiger partial charge in [0.25, 0.3) is 0 Å². The summed E-state index contributed by atoms with van der Waals surface area (Å²) in [6.45, 7) is 7.50. The zero-order chi connectivity index (χ0) is 20.8. The van der Waals surface area contributed by atoms with Crippen LogP contribution in [0.2, 0.25) is 0 Å². The van der Waals surface area contributed by atoms with Crippen LogP contribution in [0.3, 0.4) is 0 Å². The minimum absolute atomic E-state index is 0.0878. The second-order valence-electron chi connectivity index (χ2n) is 8.02. The standard InChI is InChI=1S/C20H26F2N4O2S/c1-14-20(15(2)26(23-14)18-5-10-29(27,28)13-18)25-8-6-24(7-9-25)12-16-3-4-17(21)11-19(16)22/h3-4,11,18H,5-10,12-13H2,1-2H3. The Morgan fingerprint density at radius 3 is 2.48 bits per heavy atom. The lowest BCUT2D eigenvalue weighted by molar-refractivity contribution is 0.246. The molecular weight excluding hydrogens is 398 g/mol. The van der Waals surface area contributed by atoms with Gasteiger partial charge < -0.3 is 4.90 Å². The molecule has 2 saturated heterocycles. The molecule has 2 aliphatic rings. The molecule has 0 aliphatic carbocycles. The average molecular weight is 425 g/mol. The zero-order valence-electron chi connectivity index (χ0n) is 16.7.